The number of hydrogen-bond acceptors (Lipinski definition) is 5. The standard InChI is InChI=1S/C12H13ClN2O3/c1-7-11(15-18-14-7)6-17-12-4-3-9(8(2)16)5-10(12)13/h3-5,8,16H,6H2,1-2H3/t8-/m0/s1. The van der Waals surface area contributed by atoms with Crippen molar-refractivity contribution in [3.8, 4) is 5.75 Å². The van der Waals surface area contributed by atoms with E-state index in [1.807, 2.05) is 0 Å². The lowest BCUT2D eigenvalue weighted by Gasteiger charge is -2.09. The van der Waals surface area contributed by atoms with Crippen molar-refractivity contribution < 1.29 is 14.5 Å². The van der Waals surface area contributed by atoms with Crippen molar-refractivity contribution in [1.29, 1.82) is 0 Å². The van der Waals surface area contributed by atoms with Crippen LogP contribution >= 0.6 is 11.6 Å². The van der Waals surface area contributed by atoms with Gasteiger partial charge >= 0.3 is 0 Å². The van der Waals surface area contributed by atoms with Gasteiger partial charge < -0.3 is 9.84 Å². The van der Waals surface area contributed by atoms with Gasteiger partial charge in [0.2, 0.25) is 0 Å². The number of halogens is 1. The van der Waals surface area contributed by atoms with E-state index < -0.39 is 6.10 Å². The van der Waals surface area contributed by atoms with Crippen molar-refractivity contribution in [2.24, 2.45) is 0 Å². The van der Waals surface area contributed by atoms with Gasteiger partial charge in [0.15, 0.2) is 0 Å². The monoisotopic (exact) mass is 268 g/mol. The van der Waals surface area contributed by atoms with Crippen LogP contribution in [0, 0.1) is 6.92 Å². The predicted molar refractivity (Wildman–Crippen MR) is 65.5 cm³/mol. The number of aromatic nitrogens is 2. The van der Waals surface area contributed by atoms with E-state index in [0.29, 0.717) is 22.2 Å². The van der Waals surface area contributed by atoms with E-state index in [-0.39, 0.29) is 6.61 Å². The molecule has 0 aliphatic rings. The van der Waals surface area contributed by atoms with Crippen molar-refractivity contribution in [3.05, 3.63) is 40.2 Å². The maximum Gasteiger partial charge on any atom is 0.145 e. The summed E-state index contributed by atoms with van der Waals surface area (Å²) in [5, 5.41) is 17.2. The third-order valence-electron chi connectivity index (χ3n) is 2.55. The molecule has 5 nitrogen and oxygen atoms in total. The highest BCUT2D eigenvalue weighted by Gasteiger charge is 2.09. The number of ether oxygens (including phenoxy) is 1. The highest BCUT2D eigenvalue weighted by Crippen LogP contribution is 2.28. The summed E-state index contributed by atoms with van der Waals surface area (Å²) in [6.45, 7) is 3.70. The maximum atomic E-state index is 9.43. The van der Waals surface area contributed by atoms with Gasteiger partial charge in [-0.2, -0.15) is 0 Å². The molecule has 0 fully saturated rings. The molecule has 96 valence electrons. The first-order valence-electron chi connectivity index (χ1n) is 5.46. The number of aliphatic hydroxyl groups is 1. The average molecular weight is 269 g/mol. The minimum absolute atomic E-state index is 0.239. The van der Waals surface area contributed by atoms with Crippen LogP contribution in [0.15, 0.2) is 22.8 Å². The molecule has 0 spiro atoms. The van der Waals surface area contributed by atoms with Gasteiger partial charge in [-0.15, -0.1) is 0 Å². The van der Waals surface area contributed by atoms with Crippen LogP contribution < -0.4 is 4.74 Å². The molecular weight excluding hydrogens is 256 g/mol. The lowest BCUT2D eigenvalue weighted by molar-refractivity contribution is 0.199. The fourth-order valence-corrected chi connectivity index (χ4v) is 1.66. The third-order valence-corrected chi connectivity index (χ3v) is 2.84. The first kappa shape index (κ1) is 12.9. The molecule has 6 heteroatoms. The second kappa shape index (κ2) is 5.37. The summed E-state index contributed by atoms with van der Waals surface area (Å²) in [6, 6.07) is 5.16. The molecular formula is C12H13ClN2O3. The highest BCUT2D eigenvalue weighted by molar-refractivity contribution is 6.32. The molecule has 0 bridgehead atoms. The summed E-state index contributed by atoms with van der Waals surface area (Å²) in [6.07, 6.45) is -0.557. The van der Waals surface area contributed by atoms with E-state index in [4.69, 9.17) is 16.3 Å². The molecule has 0 unspecified atom stereocenters. The Morgan fingerprint density at radius 2 is 2.22 bits per heavy atom. The van der Waals surface area contributed by atoms with Crippen LogP contribution in [-0.2, 0) is 6.61 Å². The maximum absolute atomic E-state index is 9.43. The number of rotatable bonds is 4. The Kier molecular flexibility index (Phi) is 3.84. The summed E-state index contributed by atoms with van der Waals surface area (Å²) in [5.74, 6) is 0.531. The molecule has 1 atom stereocenters. The van der Waals surface area contributed by atoms with E-state index in [0.717, 1.165) is 5.56 Å². The van der Waals surface area contributed by atoms with Gasteiger partial charge in [-0.05, 0) is 31.5 Å². The van der Waals surface area contributed by atoms with E-state index in [1.54, 1.807) is 32.0 Å². The van der Waals surface area contributed by atoms with Gasteiger partial charge in [-0.25, -0.2) is 4.63 Å². The fourth-order valence-electron chi connectivity index (χ4n) is 1.42. The molecule has 0 saturated heterocycles. The second-order valence-electron chi connectivity index (χ2n) is 3.95. The molecule has 1 aromatic heterocycles. The van der Waals surface area contributed by atoms with Gasteiger partial charge in [0.25, 0.3) is 0 Å². The zero-order chi connectivity index (χ0) is 13.1. The molecule has 2 rings (SSSR count). The molecule has 1 aromatic carbocycles. The Hall–Kier alpha value is -1.59. The summed E-state index contributed by atoms with van der Waals surface area (Å²) >= 11 is 6.06. The largest absolute Gasteiger partial charge is 0.486 e. The van der Waals surface area contributed by atoms with Gasteiger partial charge in [0.05, 0.1) is 11.1 Å². The molecule has 2 aromatic rings. The zero-order valence-electron chi connectivity index (χ0n) is 10.1. The summed E-state index contributed by atoms with van der Waals surface area (Å²) < 4.78 is 10.1. The summed E-state index contributed by atoms with van der Waals surface area (Å²) in [5.41, 5.74) is 2.06. The number of hydrogen-bond donors (Lipinski definition) is 1. The van der Waals surface area contributed by atoms with Gasteiger partial charge in [-0.3, -0.25) is 0 Å². The predicted octanol–water partition coefficient (Wildman–Crippen LogP) is 2.66. The summed E-state index contributed by atoms with van der Waals surface area (Å²) in [4.78, 5) is 0. The highest BCUT2D eigenvalue weighted by atomic mass is 35.5. The molecule has 0 saturated carbocycles. The van der Waals surface area contributed by atoms with Crippen LogP contribution in [0.25, 0.3) is 0 Å². The van der Waals surface area contributed by atoms with Crippen molar-refractivity contribution >= 4 is 11.6 Å². The van der Waals surface area contributed by atoms with Gasteiger partial charge in [0, 0.05) is 0 Å². The average Bonchev–Trinajstić information content (AvgIpc) is 2.73. The van der Waals surface area contributed by atoms with Crippen LogP contribution in [0.4, 0.5) is 0 Å². The molecule has 1 heterocycles. The Balaban J connectivity index is 2.08. The molecule has 0 aliphatic carbocycles. The SMILES string of the molecule is Cc1nonc1COc1ccc([C@H](C)O)cc1Cl. The topological polar surface area (TPSA) is 68.4 Å². The lowest BCUT2D eigenvalue weighted by Crippen LogP contribution is -1.99. The third kappa shape index (κ3) is 2.80. The Morgan fingerprint density at radius 3 is 2.78 bits per heavy atom. The van der Waals surface area contributed by atoms with Crippen molar-refractivity contribution in [2.45, 2.75) is 26.6 Å². The van der Waals surface area contributed by atoms with Crippen LogP contribution in [0.1, 0.15) is 30.0 Å². The minimum atomic E-state index is -0.557. The van der Waals surface area contributed by atoms with Crippen LogP contribution in [0.3, 0.4) is 0 Å². The molecule has 18 heavy (non-hydrogen) atoms. The second-order valence-corrected chi connectivity index (χ2v) is 4.36. The molecule has 0 aliphatic heterocycles. The zero-order valence-corrected chi connectivity index (χ0v) is 10.8. The Labute approximate surface area is 109 Å². The van der Waals surface area contributed by atoms with E-state index >= 15 is 0 Å². The fraction of sp³-hybridized carbons (Fsp3) is 0.333. The Morgan fingerprint density at radius 1 is 1.44 bits per heavy atom. The first-order valence-corrected chi connectivity index (χ1v) is 5.84. The van der Waals surface area contributed by atoms with Crippen LogP contribution in [0.2, 0.25) is 5.02 Å². The van der Waals surface area contributed by atoms with E-state index in [1.165, 1.54) is 0 Å². The first-order chi connectivity index (χ1) is 8.58. The number of aryl methyl sites for hydroxylation is 1. The van der Waals surface area contributed by atoms with Crippen LogP contribution in [-0.4, -0.2) is 15.4 Å². The Bertz CT molecular complexity index is 540. The molecule has 0 amide bonds. The number of aliphatic hydroxyl groups excluding tert-OH is 1. The summed E-state index contributed by atoms with van der Waals surface area (Å²) in [7, 11) is 0. The van der Waals surface area contributed by atoms with Gasteiger partial charge in [0.1, 0.15) is 23.7 Å². The van der Waals surface area contributed by atoms with Crippen molar-refractivity contribution in [1.82, 2.24) is 10.3 Å². The molecule has 0 radical (unpaired) electrons. The number of benzene rings is 1. The normalized spacial score (nSPS) is 12.4. The van der Waals surface area contributed by atoms with E-state index in [9.17, 15) is 5.11 Å². The van der Waals surface area contributed by atoms with Crippen LogP contribution in [0.5, 0.6) is 5.75 Å². The van der Waals surface area contributed by atoms with Crippen molar-refractivity contribution in [2.75, 3.05) is 0 Å². The van der Waals surface area contributed by atoms with Crippen molar-refractivity contribution in [3.63, 3.8) is 0 Å². The molecule has 1 N–H and O–H groups in total. The van der Waals surface area contributed by atoms with Gasteiger partial charge in [-0.1, -0.05) is 28.0 Å². The quantitative estimate of drug-likeness (QED) is 0.923. The van der Waals surface area contributed by atoms with E-state index in [2.05, 4.69) is 14.9 Å². The number of nitrogens with zero attached hydrogens (tertiary/aromatic N) is 2. The minimum Gasteiger partial charge on any atom is -0.486 e. The smallest absolute Gasteiger partial charge is 0.145 e. The lowest BCUT2D eigenvalue weighted by atomic mass is 10.1.